The zero-order valence-electron chi connectivity index (χ0n) is 13.0. The Hall–Kier alpha value is -2.00. The third-order valence-corrected chi connectivity index (χ3v) is 5.37. The highest BCUT2D eigenvalue weighted by molar-refractivity contribution is 7.89. The zero-order chi connectivity index (χ0) is 17.2. The normalized spacial score (nSPS) is 16.6. The van der Waals surface area contributed by atoms with Crippen LogP contribution in [0.3, 0.4) is 0 Å². The smallest absolute Gasteiger partial charge is 0.294 e. The third-order valence-electron chi connectivity index (χ3n) is 3.79. The number of nitrogens with one attached hydrogen (secondary N) is 1. The van der Waals surface area contributed by atoms with E-state index in [9.17, 15) is 23.3 Å². The number of hydrogen-bond acceptors (Lipinski definition) is 5. The van der Waals surface area contributed by atoms with Gasteiger partial charge in [0.25, 0.3) is 5.69 Å². The largest absolute Gasteiger partial charge is 0.306 e. The Morgan fingerprint density at radius 1 is 1.43 bits per heavy atom. The number of carbonyl (C=O) groups is 1. The van der Waals surface area contributed by atoms with Gasteiger partial charge < -0.3 is 4.90 Å². The quantitative estimate of drug-likeness (QED) is 0.626. The molecule has 1 heterocycles. The molecule has 1 N–H and O–H groups in total. The molecule has 23 heavy (non-hydrogen) atoms. The molecule has 1 atom stereocenters. The summed E-state index contributed by atoms with van der Waals surface area (Å²) in [6, 6.07) is 3.34. The molecule has 1 aliphatic rings. The van der Waals surface area contributed by atoms with Gasteiger partial charge in [-0.15, -0.1) is 0 Å². The van der Waals surface area contributed by atoms with E-state index in [1.54, 1.807) is 6.92 Å². The van der Waals surface area contributed by atoms with E-state index in [-0.39, 0.29) is 28.2 Å². The highest BCUT2D eigenvalue weighted by atomic mass is 32.2. The molecular weight excluding hydrogens is 322 g/mol. The minimum atomic E-state index is -3.84. The summed E-state index contributed by atoms with van der Waals surface area (Å²) in [7, 11) is -3.84. The van der Waals surface area contributed by atoms with Crippen LogP contribution in [0.15, 0.2) is 23.1 Å². The molecule has 0 aliphatic carbocycles. The van der Waals surface area contributed by atoms with E-state index < -0.39 is 14.9 Å². The van der Waals surface area contributed by atoms with Gasteiger partial charge in [0.15, 0.2) is 0 Å². The van der Waals surface area contributed by atoms with Gasteiger partial charge in [0.2, 0.25) is 15.9 Å². The van der Waals surface area contributed by atoms with Crippen molar-refractivity contribution in [2.45, 2.75) is 44.0 Å². The van der Waals surface area contributed by atoms with E-state index in [0.717, 1.165) is 6.07 Å². The van der Waals surface area contributed by atoms with E-state index in [0.29, 0.717) is 25.8 Å². The van der Waals surface area contributed by atoms with Crippen molar-refractivity contribution in [1.82, 2.24) is 4.72 Å². The van der Waals surface area contributed by atoms with Crippen molar-refractivity contribution in [2.24, 2.45) is 0 Å². The number of nitrogens with zero attached hydrogens (tertiary/aromatic N) is 2. The fourth-order valence-corrected chi connectivity index (χ4v) is 3.71. The number of benzene rings is 1. The van der Waals surface area contributed by atoms with Gasteiger partial charge in [-0.1, -0.05) is 6.92 Å². The van der Waals surface area contributed by atoms with Crippen molar-refractivity contribution >= 4 is 27.3 Å². The van der Waals surface area contributed by atoms with Crippen LogP contribution in [0.2, 0.25) is 0 Å². The lowest BCUT2D eigenvalue weighted by Crippen LogP contribution is -2.32. The number of nitro benzene ring substituents is 1. The molecule has 2 rings (SSSR count). The van der Waals surface area contributed by atoms with E-state index >= 15 is 0 Å². The lowest BCUT2D eigenvalue weighted by atomic mass is 10.2. The van der Waals surface area contributed by atoms with Crippen LogP contribution < -0.4 is 9.62 Å². The Balaban J connectivity index is 2.44. The maximum absolute atomic E-state index is 12.3. The van der Waals surface area contributed by atoms with Gasteiger partial charge in [-0.25, -0.2) is 13.1 Å². The molecule has 0 unspecified atom stereocenters. The van der Waals surface area contributed by atoms with Gasteiger partial charge in [-0.05, 0) is 31.9 Å². The van der Waals surface area contributed by atoms with Crippen LogP contribution in [-0.2, 0) is 14.8 Å². The molecule has 1 aromatic carbocycles. The first kappa shape index (κ1) is 17.4. The van der Waals surface area contributed by atoms with E-state index in [4.69, 9.17) is 0 Å². The maximum atomic E-state index is 12.3. The van der Waals surface area contributed by atoms with Crippen LogP contribution in [0, 0.1) is 10.1 Å². The van der Waals surface area contributed by atoms with Crippen molar-refractivity contribution in [2.75, 3.05) is 11.4 Å². The Morgan fingerprint density at radius 2 is 2.13 bits per heavy atom. The monoisotopic (exact) mass is 341 g/mol. The van der Waals surface area contributed by atoms with E-state index in [2.05, 4.69) is 4.72 Å². The van der Waals surface area contributed by atoms with Gasteiger partial charge in [0.1, 0.15) is 5.69 Å². The van der Waals surface area contributed by atoms with Gasteiger partial charge in [0.05, 0.1) is 9.82 Å². The lowest BCUT2D eigenvalue weighted by Gasteiger charge is -2.17. The topological polar surface area (TPSA) is 110 Å². The SMILES string of the molecule is CC[C@@H](C)NS(=O)(=O)c1ccc(N2CCCC2=O)c([N+](=O)[O-])c1. The first-order chi connectivity index (χ1) is 10.8. The third kappa shape index (κ3) is 3.67. The first-order valence-electron chi connectivity index (χ1n) is 7.37. The van der Waals surface area contributed by atoms with Gasteiger partial charge in [-0.2, -0.15) is 0 Å². The number of sulfonamides is 1. The van der Waals surface area contributed by atoms with Crippen LogP contribution in [0.4, 0.5) is 11.4 Å². The first-order valence-corrected chi connectivity index (χ1v) is 8.85. The molecule has 1 fully saturated rings. The second kappa shape index (κ2) is 6.63. The minimum Gasteiger partial charge on any atom is -0.306 e. The summed E-state index contributed by atoms with van der Waals surface area (Å²) in [6.07, 6.45) is 1.57. The average molecular weight is 341 g/mol. The van der Waals surface area contributed by atoms with Crippen LogP contribution in [0.5, 0.6) is 0 Å². The molecule has 8 nitrogen and oxygen atoms in total. The fraction of sp³-hybridized carbons (Fsp3) is 0.500. The summed E-state index contributed by atoms with van der Waals surface area (Å²) in [6.45, 7) is 3.94. The number of rotatable bonds is 6. The number of amides is 1. The number of hydrogen-bond donors (Lipinski definition) is 1. The van der Waals surface area contributed by atoms with Crippen molar-refractivity contribution in [3.05, 3.63) is 28.3 Å². The van der Waals surface area contributed by atoms with Crippen molar-refractivity contribution < 1.29 is 18.1 Å². The van der Waals surface area contributed by atoms with E-state index in [1.807, 2.05) is 6.92 Å². The summed E-state index contributed by atoms with van der Waals surface area (Å²) < 4.78 is 27.0. The lowest BCUT2D eigenvalue weighted by molar-refractivity contribution is -0.384. The average Bonchev–Trinajstić information content (AvgIpc) is 2.92. The fourth-order valence-electron chi connectivity index (χ4n) is 2.36. The summed E-state index contributed by atoms with van der Waals surface area (Å²) >= 11 is 0. The second-order valence-electron chi connectivity index (χ2n) is 5.49. The van der Waals surface area contributed by atoms with Crippen molar-refractivity contribution in [3.8, 4) is 0 Å². The molecule has 9 heteroatoms. The summed E-state index contributed by atoms with van der Waals surface area (Å²) in [5, 5.41) is 11.3. The molecule has 0 bridgehead atoms. The number of nitro groups is 1. The maximum Gasteiger partial charge on any atom is 0.294 e. The van der Waals surface area contributed by atoms with Gasteiger partial charge in [0, 0.05) is 25.1 Å². The molecule has 1 aromatic rings. The van der Waals surface area contributed by atoms with Crippen LogP contribution in [-0.4, -0.2) is 31.8 Å². The second-order valence-corrected chi connectivity index (χ2v) is 7.20. The zero-order valence-corrected chi connectivity index (χ0v) is 13.8. The molecule has 0 spiro atoms. The van der Waals surface area contributed by atoms with Crippen molar-refractivity contribution in [1.29, 1.82) is 0 Å². The number of anilines is 1. The van der Waals surface area contributed by atoms with Crippen LogP contribution in [0.25, 0.3) is 0 Å². The molecule has 0 saturated carbocycles. The minimum absolute atomic E-state index is 0.139. The van der Waals surface area contributed by atoms with Crippen LogP contribution >= 0.6 is 0 Å². The highest BCUT2D eigenvalue weighted by Crippen LogP contribution is 2.33. The highest BCUT2D eigenvalue weighted by Gasteiger charge is 2.30. The van der Waals surface area contributed by atoms with Crippen LogP contribution in [0.1, 0.15) is 33.1 Å². The standard InChI is InChI=1S/C14H19N3O5S/c1-3-10(2)15-23(21,22)11-6-7-12(13(9-11)17(19)20)16-8-4-5-14(16)18/h6-7,9-10,15H,3-5,8H2,1-2H3/t10-/m1/s1. The van der Waals surface area contributed by atoms with E-state index in [1.165, 1.54) is 17.0 Å². The van der Waals surface area contributed by atoms with Gasteiger partial charge in [-0.3, -0.25) is 14.9 Å². The predicted octanol–water partition coefficient (Wildman–Crippen LogP) is 1.80. The Bertz CT molecular complexity index is 732. The molecule has 1 saturated heterocycles. The van der Waals surface area contributed by atoms with Crippen molar-refractivity contribution in [3.63, 3.8) is 0 Å². The van der Waals surface area contributed by atoms with Gasteiger partial charge >= 0.3 is 0 Å². The molecule has 0 aromatic heterocycles. The number of carbonyl (C=O) groups excluding carboxylic acids is 1. The molecular formula is C14H19N3O5S. The Morgan fingerprint density at radius 3 is 2.65 bits per heavy atom. The summed E-state index contributed by atoms with van der Waals surface area (Å²) in [5.41, 5.74) is -0.243. The summed E-state index contributed by atoms with van der Waals surface area (Å²) in [4.78, 5) is 23.6. The molecule has 126 valence electrons. The molecule has 1 aliphatic heterocycles. The Kier molecular flexibility index (Phi) is 5.00. The Labute approximate surface area is 134 Å². The molecule has 1 amide bonds. The molecule has 0 radical (unpaired) electrons. The predicted molar refractivity (Wildman–Crippen MR) is 84.8 cm³/mol. The summed E-state index contributed by atoms with van der Waals surface area (Å²) in [5.74, 6) is -0.193.